The van der Waals surface area contributed by atoms with Gasteiger partial charge in [-0.1, -0.05) is 25.7 Å². The van der Waals surface area contributed by atoms with E-state index in [1.807, 2.05) is 6.92 Å². The Morgan fingerprint density at radius 1 is 1.45 bits per heavy atom. The minimum Gasteiger partial charge on any atom is -0.487 e. The van der Waals surface area contributed by atoms with Crippen molar-refractivity contribution in [1.29, 1.82) is 0 Å². The third kappa shape index (κ3) is 5.98. The van der Waals surface area contributed by atoms with Crippen LogP contribution in [-0.4, -0.2) is 81.2 Å². The summed E-state index contributed by atoms with van der Waals surface area (Å²) < 4.78 is 39.2. The Bertz CT molecular complexity index is 937. The maximum atomic E-state index is 13.4. The van der Waals surface area contributed by atoms with E-state index in [0.29, 0.717) is 18.5 Å². The first kappa shape index (κ1) is 25.1. The molecule has 1 aromatic carbocycles. The van der Waals surface area contributed by atoms with E-state index in [1.165, 1.54) is 10.4 Å². The van der Waals surface area contributed by atoms with Crippen LogP contribution >= 0.6 is 0 Å². The number of methoxy groups -OCH3 is 1. The topological polar surface area (TPSA) is 96.4 Å². The highest BCUT2D eigenvalue weighted by Crippen LogP contribution is 2.34. The summed E-state index contributed by atoms with van der Waals surface area (Å²) in [6.45, 7) is 5.77. The Hall–Kier alpha value is -2.12. The van der Waals surface area contributed by atoms with E-state index >= 15 is 0 Å². The Kier molecular flexibility index (Phi) is 8.89. The Balaban J connectivity index is 2.56. The highest BCUT2D eigenvalue weighted by molar-refractivity contribution is 7.89. The van der Waals surface area contributed by atoms with Gasteiger partial charge in [0.25, 0.3) is 0 Å². The molecule has 8 nitrogen and oxygen atoms in total. The first-order valence-corrected chi connectivity index (χ1v) is 11.7. The number of likely N-dealkylation sites (N-methyl/N-ethyl adjacent to an activating group) is 1. The van der Waals surface area contributed by atoms with Gasteiger partial charge in [0.05, 0.1) is 13.2 Å². The number of sulfonamides is 1. The van der Waals surface area contributed by atoms with Crippen molar-refractivity contribution in [2.45, 2.75) is 44.2 Å². The Morgan fingerprint density at radius 3 is 2.77 bits per heavy atom. The van der Waals surface area contributed by atoms with E-state index in [4.69, 9.17) is 9.47 Å². The molecule has 0 saturated heterocycles. The smallest absolute Gasteiger partial charge is 0.247 e. The number of rotatable bonds is 6. The fourth-order valence-corrected chi connectivity index (χ4v) is 5.20. The van der Waals surface area contributed by atoms with Crippen LogP contribution in [0.5, 0.6) is 5.75 Å². The quantitative estimate of drug-likeness (QED) is 0.654. The summed E-state index contributed by atoms with van der Waals surface area (Å²) >= 11 is 0. The summed E-state index contributed by atoms with van der Waals surface area (Å²) in [6.07, 6.45) is -0.0690. The molecule has 172 valence electrons. The molecule has 0 aromatic heterocycles. The normalized spacial score (nSPS) is 21.5. The lowest BCUT2D eigenvalue weighted by atomic mass is 10.0. The van der Waals surface area contributed by atoms with Crippen molar-refractivity contribution >= 4 is 15.9 Å². The predicted molar refractivity (Wildman–Crippen MR) is 117 cm³/mol. The number of hydrogen-bond donors (Lipinski definition) is 1. The third-order valence-electron chi connectivity index (χ3n) is 5.30. The van der Waals surface area contributed by atoms with Crippen LogP contribution in [0.1, 0.15) is 32.8 Å². The average molecular weight is 453 g/mol. The van der Waals surface area contributed by atoms with E-state index in [1.54, 1.807) is 45.0 Å². The molecule has 3 atom stereocenters. The SMILES string of the molecule is CCC(=O)N(C)C[C@@H]1Oc2cc(C#CCOC)ccc2S(=O)(=O)N([C@H](C)CO)C[C@@H]1C. The molecule has 0 saturated carbocycles. The molecule has 1 amide bonds. The number of hydrogen-bond acceptors (Lipinski definition) is 6. The maximum Gasteiger partial charge on any atom is 0.247 e. The number of amides is 1. The molecule has 0 spiro atoms. The van der Waals surface area contributed by atoms with Gasteiger partial charge in [-0.05, 0) is 25.1 Å². The van der Waals surface area contributed by atoms with E-state index < -0.39 is 22.2 Å². The lowest BCUT2D eigenvalue weighted by Gasteiger charge is -2.37. The van der Waals surface area contributed by atoms with Crippen molar-refractivity contribution in [2.75, 3.05) is 40.5 Å². The van der Waals surface area contributed by atoms with Crippen LogP contribution in [0.2, 0.25) is 0 Å². The van der Waals surface area contributed by atoms with E-state index in [2.05, 4.69) is 11.8 Å². The van der Waals surface area contributed by atoms with Gasteiger partial charge in [0, 0.05) is 44.6 Å². The molecule has 1 N–H and O–H groups in total. The average Bonchev–Trinajstić information content (AvgIpc) is 2.75. The van der Waals surface area contributed by atoms with Gasteiger partial charge in [-0.15, -0.1) is 0 Å². The van der Waals surface area contributed by atoms with Gasteiger partial charge in [-0.3, -0.25) is 4.79 Å². The first-order chi connectivity index (χ1) is 14.6. The molecular weight excluding hydrogens is 420 g/mol. The van der Waals surface area contributed by atoms with Crippen LogP contribution in [0, 0.1) is 17.8 Å². The Labute approximate surface area is 185 Å². The van der Waals surface area contributed by atoms with Crippen LogP contribution in [0.25, 0.3) is 0 Å². The number of ether oxygens (including phenoxy) is 2. The number of carbonyl (C=O) groups is 1. The minimum atomic E-state index is -3.91. The summed E-state index contributed by atoms with van der Waals surface area (Å²) in [5, 5.41) is 9.68. The third-order valence-corrected chi connectivity index (χ3v) is 7.32. The number of carbonyl (C=O) groups excluding carboxylic acids is 1. The second-order valence-corrected chi connectivity index (χ2v) is 9.62. The van der Waals surface area contributed by atoms with Crippen molar-refractivity contribution in [1.82, 2.24) is 9.21 Å². The van der Waals surface area contributed by atoms with Crippen molar-refractivity contribution in [3.05, 3.63) is 23.8 Å². The fraction of sp³-hybridized carbons (Fsp3) is 0.591. The molecule has 0 unspecified atom stereocenters. The molecule has 0 radical (unpaired) electrons. The molecule has 0 fully saturated rings. The monoisotopic (exact) mass is 452 g/mol. The first-order valence-electron chi connectivity index (χ1n) is 10.3. The van der Waals surface area contributed by atoms with Crippen molar-refractivity contribution < 1.29 is 27.8 Å². The zero-order valence-corrected chi connectivity index (χ0v) is 19.6. The van der Waals surface area contributed by atoms with Gasteiger partial charge in [0.2, 0.25) is 15.9 Å². The number of nitrogens with zero attached hydrogens (tertiary/aromatic N) is 2. The van der Waals surface area contributed by atoms with Gasteiger partial charge in [-0.25, -0.2) is 8.42 Å². The molecular formula is C22H32N2O6S. The van der Waals surface area contributed by atoms with E-state index in [9.17, 15) is 18.3 Å². The van der Waals surface area contributed by atoms with Crippen molar-refractivity contribution in [2.24, 2.45) is 5.92 Å². The summed E-state index contributed by atoms with van der Waals surface area (Å²) in [7, 11) is -0.656. The summed E-state index contributed by atoms with van der Waals surface area (Å²) in [6, 6.07) is 4.10. The Morgan fingerprint density at radius 2 is 2.16 bits per heavy atom. The van der Waals surface area contributed by atoms with Crippen LogP contribution < -0.4 is 4.74 Å². The summed E-state index contributed by atoms with van der Waals surface area (Å²) in [5.74, 6) is 5.71. The molecule has 1 aromatic rings. The highest BCUT2D eigenvalue weighted by atomic mass is 32.2. The lowest BCUT2D eigenvalue weighted by molar-refractivity contribution is -0.131. The van der Waals surface area contributed by atoms with Crippen LogP contribution in [0.15, 0.2) is 23.1 Å². The van der Waals surface area contributed by atoms with Crippen LogP contribution in [0.4, 0.5) is 0 Å². The fourth-order valence-electron chi connectivity index (χ4n) is 3.37. The van der Waals surface area contributed by atoms with Gasteiger partial charge in [0.1, 0.15) is 23.4 Å². The van der Waals surface area contributed by atoms with E-state index in [0.717, 1.165) is 0 Å². The zero-order chi connectivity index (χ0) is 23.2. The number of fused-ring (bicyclic) bond motifs is 1. The summed E-state index contributed by atoms with van der Waals surface area (Å²) in [5.41, 5.74) is 0.595. The lowest BCUT2D eigenvalue weighted by Crippen LogP contribution is -2.50. The molecule has 0 aliphatic carbocycles. The van der Waals surface area contributed by atoms with Crippen LogP contribution in [0.3, 0.4) is 0 Å². The number of aliphatic hydroxyl groups excluding tert-OH is 1. The minimum absolute atomic E-state index is 0.0199. The number of benzene rings is 1. The zero-order valence-electron chi connectivity index (χ0n) is 18.8. The molecule has 1 heterocycles. The highest BCUT2D eigenvalue weighted by Gasteiger charge is 2.38. The maximum absolute atomic E-state index is 13.4. The van der Waals surface area contributed by atoms with Crippen molar-refractivity contribution in [3.63, 3.8) is 0 Å². The number of aliphatic hydroxyl groups is 1. The molecule has 31 heavy (non-hydrogen) atoms. The van der Waals surface area contributed by atoms with Gasteiger partial charge >= 0.3 is 0 Å². The van der Waals surface area contributed by atoms with Gasteiger partial charge in [0.15, 0.2) is 0 Å². The molecule has 1 aliphatic heterocycles. The van der Waals surface area contributed by atoms with Gasteiger partial charge in [-0.2, -0.15) is 4.31 Å². The van der Waals surface area contributed by atoms with Gasteiger partial charge < -0.3 is 19.5 Å². The molecule has 9 heteroatoms. The van der Waals surface area contributed by atoms with Crippen molar-refractivity contribution in [3.8, 4) is 17.6 Å². The summed E-state index contributed by atoms with van der Waals surface area (Å²) in [4.78, 5) is 13.7. The molecule has 2 rings (SSSR count). The largest absolute Gasteiger partial charge is 0.487 e. The molecule has 1 aliphatic rings. The predicted octanol–water partition coefficient (Wildman–Crippen LogP) is 1.32. The standard InChI is InChI=1S/C22H32N2O6S/c1-6-22(26)23(4)14-20-16(2)13-24(17(3)15-25)31(27,28)21-10-9-18(8-7-11-29-5)12-19(21)30-20/h9-10,12,16-17,20,25H,6,11,13-15H2,1-5H3/t16-,17+,20-/m0/s1. The second-order valence-electron chi connectivity index (χ2n) is 7.76. The van der Waals surface area contributed by atoms with Crippen LogP contribution in [-0.2, 0) is 19.6 Å². The van der Waals surface area contributed by atoms with E-state index in [-0.39, 0.29) is 42.2 Å². The second kappa shape index (κ2) is 11.0. The molecule has 0 bridgehead atoms.